The molecule has 1 aromatic carbocycles. The highest BCUT2D eigenvalue weighted by Crippen LogP contribution is 2.26. The van der Waals surface area contributed by atoms with Gasteiger partial charge in [-0.1, -0.05) is 25.8 Å². The minimum Gasteiger partial charge on any atom is -0.480 e. The lowest BCUT2D eigenvalue weighted by Gasteiger charge is -2.14. The highest BCUT2D eigenvalue weighted by atomic mass is 32.2. The molecule has 10 heteroatoms. The molecule has 0 saturated carbocycles. The molecule has 0 aromatic heterocycles. The van der Waals surface area contributed by atoms with Crippen LogP contribution in [0.2, 0.25) is 0 Å². The van der Waals surface area contributed by atoms with Crippen molar-refractivity contribution in [2.75, 3.05) is 0 Å². The third-order valence-corrected chi connectivity index (χ3v) is 4.39. The SMILES string of the molecule is CCCCC(NS(=O)(=O)c1c(F)cccc1[N+](=O)[O-])C(=O)O. The van der Waals surface area contributed by atoms with Crippen molar-refractivity contribution in [3.05, 3.63) is 34.1 Å². The zero-order chi connectivity index (χ0) is 16.9. The van der Waals surface area contributed by atoms with Crippen LogP contribution in [-0.4, -0.2) is 30.5 Å². The number of nitro benzene ring substituents is 1. The summed E-state index contributed by atoms with van der Waals surface area (Å²) in [6, 6.07) is 1.10. The smallest absolute Gasteiger partial charge is 0.321 e. The third kappa shape index (κ3) is 4.21. The van der Waals surface area contributed by atoms with Gasteiger partial charge in [0.2, 0.25) is 0 Å². The average Bonchev–Trinajstić information content (AvgIpc) is 2.42. The summed E-state index contributed by atoms with van der Waals surface area (Å²) in [5.74, 6) is -2.75. The first-order valence-corrected chi connectivity index (χ1v) is 7.87. The number of nitrogens with zero attached hydrogens (tertiary/aromatic N) is 1. The maximum Gasteiger partial charge on any atom is 0.321 e. The third-order valence-electron chi connectivity index (χ3n) is 2.85. The molecule has 0 bridgehead atoms. The molecule has 1 aromatic rings. The molecule has 0 saturated heterocycles. The van der Waals surface area contributed by atoms with Crippen LogP contribution in [-0.2, 0) is 14.8 Å². The highest BCUT2D eigenvalue weighted by molar-refractivity contribution is 7.89. The quantitative estimate of drug-likeness (QED) is 0.550. The molecule has 8 nitrogen and oxygen atoms in total. The van der Waals surface area contributed by atoms with Crippen LogP contribution in [0.25, 0.3) is 0 Å². The standard InChI is InChI=1S/C12H15FN2O6S/c1-2-3-6-9(12(16)17)14-22(20,21)11-8(13)5-4-7-10(11)15(18)19/h4-5,7,9,14H,2-3,6H2,1H3,(H,16,17). The lowest BCUT2D eigenvalue weighted by molar-refractivity contribution is -0.388. The molecule has 0 spiro atoms. The molecule has 1 atom stereocenters. The Morgan fingerprint density at radius 3 is 2.64 bits per heavy atom. The van der Waals surface area contributed by atoms with Gasteiger partial charge in [0.25, 0.3) is 15.7 Å². The van der Waals surface area contributed by atoms with Gasteiger partial charge in [-0.3, -0.25) is 14.9 Å². The van der Waals surface area contributed by atoms with Gasteiger partial charge in [-0.25, -0.2) is 12.8 Å². The predicted molar refractivity (Wildman–Crippen MR) is 74.3 cm³/mol. The predicted octanol–water partition coefficient (Wildman–Crippen LogP) is 1.66. The van der Waals surface area contributed by atoms with Crippen molar-refractivity contribution in [3.8, 4) is 0 Å². The molecule has 1 unspecified atom stereocenters. The number of nitrogens with one attached hydrogen (secondary N) is 1. The Kier molecular flexibility index (Phi) is 5.94. The zero-order valence-electron chi connectivity index (χ0n) is 11.7. The lowest BCUT2D eigenvalue weighted by atomic mass is 10.1. The van der Waals surface area contributed by atoms with Gasteiger partial charge in [-0.05, 0) is 12.5 Å². The number of hydrogen-bond donors (Lipinski definition) is 2. The number of hydrogen-bond acceptors (Lipinski definition) is 5. The van der Waals surface area contributed by atoms with Crippen LogP contribution in [0.15, 0.2) is 23.1 Å². The van der Waals surface area contributed by atoms with Crippen molar-refractivity contribution in [2.45, 2.75) is 37.1 Å². The van der Waals surface area contributed by atoms with Crippen LogP contribution in [0.1, 0.15) is 26.2 Å². The number of unbranched alkanes of at least 4 members (excludes halogenated alkanes) is 1. The van der Waals surface area contributed by atoms with Crippen molar-refractivity contribution in [1.29, 1.82) is 0 Å². The van der Waals surface area contributed by atoms with E-state index < -0.39 is 43.4 Å². The summed E-state index contributed by atoms with van der Waals surface area (Å²) in [6.45, 7) is 1.79. The van der Waals surface area contributed by atoms with Crippen molar-refractivity contribution >= 4 is 21.7 Å². The van der Waals surface area contributed by atoms with Crippen LogP contribution >= 0.6 is 0 Å². The molecule has 0 heterocycles. The van der Waals surface area contributed by atoms with E-state index in [0.29, 0.717) is 12.8 Å². The van der Waals surface area contributed by atoms with E-state index in [2.05, 4.69) is 0 Å². The monoisotopic (exact) mass is 334 g/mol. The highest BCUT2D eigenvalue weighted by Gasteiger charge is 2.33. The van der Waals surface area contributed by atoms with Gasteiger partial charge in [0.05, 0.1) is 4.92 Å². The Morgan fingerprint density at radius 2 is 2.14 bits per heavy atom. The Hall–Kier alpha value is -2.07. The summed E-state index contributed by atoms with van der Waals surface area (Å²) >= 11 is 0. The average molecular weight is 334 g/mol. The molecule has 0 radical (unpaired) electrons. The molecule has 122 valence electrons. The maximum atomic E-state index is 13.7. The van der Waals surface area contributed by atoms with Crippen molar-refractivity contribution in [2.24, 2.45) is 0 Å². The van der Waals surface area contributed by atoms with Crippen LogP contribution < -0.4 is 4.72 Å². The minimum absolute atomic E-state index is 0.00663. The van der Waals surface area contributed by atoms with Crippen LogP contribution in [0.5, 0.6) is 0 Å². The first kappa shape index (κ1) is 18.0. The molecule has 1 rings (SSSR count). The lowest BCUT2D eigenvalue weighted by Crippen LogP contribution is -2.41. The van der Waals surface area contributed by atoms with Gasteiger partial charge in [-0.2, -0.15) is 4.72 Å². The summed E-state index contributed by atoms with van der Waals surface area (Å²) in [7, 11) is -4.69. The number of carbonyl (C=O) groups is 1. The molecule has 0 amide bonds. The molecule has 22 heavy (non-hydrogen) atoms. The van der Waals surface area contributed by atoms with E-state index in [-0.39, 0.29) is 6.42 Å². The molecular formula is C12H15FN2O6S. The number of carboxylic acid groups (broad SMARTS) is 1. The molecule has 0 aliphatic rings. The van der Waals surface area contributed by atoms with E-state index in [0.717, 1.165) is 18.2 Å². The van der Waals surface area contributed by atoms with Crippen molar-refractivity contribution < 1.29 is 27.6 Å². The van der Waals surface area contributed by atoms with E-state index >= 15 is 0 Å². The Bertz CT molecular complexity index is 676. The normalized spacial score (nSPS) is 12.8. The second-order valence-corrected chi connectivity index (χ2v) is 6.15. The molecular weight excluding hydrogens is 319 g/mol. The first-order chi connectivity index (χ1) is 10.2. The maximum absolute atomic E-state index is 13.7. The second kappa shape index (κ2) is 7.27. The van der Waals surface area contributed by atoms with E-state index in [1.54, 1.807) is 6.92 Å². The van der Waals surface area contributed by atoms with Crippen LogP contribution in [0.3, 0.4) is 0 Å². The number of aliphatic carboxylic acids is 1. The van der Waals surface area contributed by atoms with Gasteiger partial charge in [0.15, 0.2) is 4.90 Å². The van der Waals surface area contributed by atoms with Crippen LogP contribution in [0.4, 0.5) is 10.1 Å². The number of benzene rings is 1. The van der Waals surface area contributed by atoms with Gasteiger partial charge in [0.1, 0.15) is 11.9 Å². The van der Waals surface area contributed by atoms with Crippen molar-refractivity contribution in [3.63, 3.8) is 0 Å². The topological polar surface area (TPSA) is 127 Å². The first-order valence-electron chi connectivity index (χ1n) is 6.38. The van der Waals surface area contributed by atoms with Crippen molar-refractivity contribution in [1.82, 2.24) is 4.72 Å². The number of nitro groups is 1. The number of rotatable bonds is 8. The second-order valence-electron chi connectivity index (χ2n) is 4.50. The zero-order valence-corrected chi connectivity index (χ0v) is 12.5. The van der Waals surface area contributed by atoms with Gasteiger partial charge >= 0.3 is 5.97 Å². The summed E-state index contributed by atoms with van der Waals surface area (Å²) in [6.07, 6.45) is 1.05. The Labute approximate surface area is 126 Å². The number of carboxylic acids is 1. The Morgan fingerprint density at radius 1 is 1.50 bits per heavy atom. The Balaban J connectivity index is 3.24. The molecule has 0 fully saturated rings. The fourth-order valence-corrected chi connectivity index (χ4v) is 3.25. The minimum atomic E-state index is -4.69. The summed E-state index contributed by atoms with van der Waals surface area (Å²) < 4.78 is 39.8. The molecule has 2 N–H and O–H groups in total. The van der Waals surface area contributed by atoms with Gasteiger partial charge < -0.3 is 5.11 Å². The fraction of sp³-hybridized carbons (Fsp3) is 0.417. The van der Waals surface area contributed by atoms with Gasteiger partial charge in [-0.15, -0.1) is 0 Å². The van der Waals surface area contributed by atoms with Crippen LogP contribution in [0, 0.1) is 15.9 Å². The van der Waals surface area contributed by atoms with E-state index in [1.165, 1.54) is 0 Å². The summed E-state index contributed by atoms with van der Waals surface area (Å²) in [4.78, 5) is 19.7. The fourth-order valence-electron chi connectivity index (χ4n) is 1.79. The number of halogens is 1. The van der Waals surface area contributed by atoms with E-state index in [4.69, 9.17) is 5.11 Å². The summed E-state index contributed by atoms with van der Waals surface area (Å²) in [5.41, 5.74) is -0.952. The number of sulfonamides is 1. The van der Waals surface area contributed by atoms with E-state index in [1.807, 2.05) is 4.72 Å². The largest absolute Gasteiger partial charge is 0.480 e. The van der Waals surface area contributed by atoms with E-state index in [9.17, 15) is 27.7 Å². The molecule has 0 aliphatic heterocycles. The van der Waals surface area contributed by atoms with Gasteiger partial charge in [0, 0.05) is 6.07 Å². The summed E-state index contributed by atoms with van der Waals surface area (Å²) in [5, 5.41) is 19.8. The molecule has 0 aliphatic carbocycles.